The summed E-state index contributed by atoms with van der Waals surface area (Å²) >= 11 is 6.89. The molecule has 0 radical (unpaired) electrons. The average molecular weight is 406 g/mol. The van der Waals surface area contributed by atoms with E-state index in [4.69, 9.17) is 16.3 Å². The van der Waals surface area contributed by atoms with Crippen molar-refractivity contribution in [1.82, 2.24) is 15.2 Å². The minimum atomic E-state index is -1.14. The molecule has 0 amide bonds. The molecule has 3 aromatic rings. The van der Waals surface area contributed by atoms with Crippen LogP contribution in [0.15, 0.2) is 52.5 Å². The van der Waals surface area contributed by atoms with Gasteiger partial charge in [0.2, 0.25) is 5.16 Å². The SMILES string of the molecule is COc1ccc(Cl)cc1-c1nc(S/C(=C\c2ccc(F)cc2)C(=O)O)n[nH]1. The fourth-order valence-electron chi connectivity index (χ4n) is 2.22. The maximum absolute atomic E-state index is 13.0. The lowest BCUT2D eigenvalue weighted by atomic mass is 10.2. The largest absolute Gasteiger partial charge is 0.496 e. The first kappa shape index (κ1) is 18.9. The van der Waals surface area contributed by atoms with E-state index in [-0.39, 0.29) is 10.1 Å². The molecule has 1 aromatic heterocycles. The van der Waals surface area contributed by atoms with Gasteiger partial charge in [-0.2, -0.15) is 0 Å². The summed E-state index contributed by atoms with van der Waals surface area (Å²) in [5, 5.41) is 16.9. The van der Waals surface area contributed by atoms with Crippen molar-refractivity contribution in [1.29, 1.82) is 0 Å². The zero-order valence-electron chi connectivity index (χ0n) is 13.9. The predicted octanol–water partition coefficient (Wildman–Crippen LogP) is 4.49. The van der Waals surface area contributed by atoms with Crippen molar-refractivity contribution in [3.8, 4) is 17.1 Å². The molecule has 0 bridgehead atoms. The van der Waals surface area contributed by atoms with Gasteiger partial charge in [-0.3, -0.25) is 5.10 Å². The van der Waals surface area contributed by atoms with Crippen LogP contribution < -0.4 is 4.74 Å². The molecular weight excluding hydrogens is 393 g/mol. The number of thioether (sulfide) groups is 1. The minimum Gasteiger partial charge on any atom is -0.496 e. The molecule has 1 heterocycles. The summed E-state index contributed by atoms with van der Waals surface area (Å²) in [6.45, 7) is 0. The molecule has 9 heteroatoms. The van der Waals surface area contributed by atoms with Crippen molar-refractivity contribution < 1.29 is 19.0 Å². The molecule has 0 aliphatic carbocycles. The number of ether oxygens (including phenoxy) is 1. The van der Waals surface area contributed by atoms with Gasteiger partial charge in [-0.05, 0) is 53.7 Å². The van der Waals surface area contributed by atoms with E-state index in [0.29, 0.717) is 27.7 Å². The molecule has 0 saturated carbocycles. The van der Waals surface area contributed by atoms with Crippen molar-refractivity contribution >= 4 is 35.4 Å². The number of carbonyl (C=O) groups is 1. The highest BCUT2D eigenvalue weighted by Gasteiger charge is 2.16. The maximum atomic E-state index is 13.0. The number of halogens is 2. The topological polar surface area (TPSA) is 88.1 Å². The first-order valence-corrected chi connectivity index (χ1v) is 8.80. The molecule has 6 nitrogen and oxygen atoms in total. The number of aromatic nitrogens is 3. The van der Waals surface area contributed by atoms with Gasteiger partial charge >= 0.3 is 5.97 Å². The molecule has 0 aliphatic heterocycles. The third kappa shape index (κ3) is 4.66. The van der Waals surface area contributed by atoms with Crippen molar-refractivity contribution in [3.05, 3.63) is 63.8 Å². The number of carboxylic acid groups (broad SMARTS) is 1. The Morgan fingerprint density at radius 3 is 2.70 bits per heavy atom. The molecule has 0 aliphatic rings. The van der Waals surface area contributed by atoms with Crippen LogP contribution in [0.4, 0.5) is 4.39 Å². The molecule has 3 rings (SSSR count). The second kappa shape index (κ2) is 8.24. The van der Waals surface area contributed by atoms with E-state index in [1.807, 2.05) is 0 Å². The molecule has 0 fully saturated rings. The second-order valence-corrected chi connectivity index (χ2v) is 6.72. The smallest absolute Gasteiger partial charge is 0.342 e. The highest BCUT2D eigenvalue weighted by molar-refractivity contribution is 8.04. The number of aliphatic carboxylic acids is 1. The number of nitrogens with zero attached hydrogens (tertiary/aromatic N) is 2. The van der Waals surface area contributed by atoms with Gasteiger partial charge in [0.1, 0.15) is 16.5 Å². The summed E-state index contributed by atoms with van der Waals surface area (Å²) in [4.78, 5) is 15.8. The summed E-state index contributed by atoms with van der Waals surface area (Å²) in [5.41, 5.74) is 1.15. The average Bonchev–Trinajstić information content (AvgIpc) is 3.11. The Hall–Kier alpha value is -2.84. The van der Waals surface area contributed by atoms with Gasteiger partial charge in [-0.1, -0.05) is 23.7 Å². The van der Waals surface area contributed by atoms with E-state index < -0.39 is 11.8 Å². The van der Waals surface area contributed by atoms with Gasteiger partial charge in [-0.25, -0.2) is 14.2 Å². The van der Waals surface area contributed by atoms with E-state index in [1.54, 1.807) is 18.2 Å². The molecule has 138 valence electrons. The predicted molar refractivity (Wildman–Crippen MR) is 101 cm³/mol. The van der Waals surface area contributed by atoms with Crippen molar-refractivity contribution in [2.24, 2.45) is 0 Å². The van der Waals surface area contributed by atoms with Crippen LogP contribution in [0.5, 0.6) is 5.75 Å². The summed E-state index contributed by atoms with van der Waals surface area (Å²) in [6, 6.07) is 10.5. The first-order valence-electron chi connectivity index (χ1n) is 7.61. The van der Waals surface area contributed by atoms with Crippen LogP contribution in [-0.2, 0) is 4.79 Å². The Kier molecular flexibility index (Phi) is 5.78. The van der Waals surface area contributed by atoms with Gasteiger partial charge < -0.3 is 9.84 Å². The maximum Gasteiger partial charge on any atom is 0.342 e. The van der Waals surface area contributed by atoms with Gasteiger partial charge in [0.25, 0.3) is 0 Å². The lowest BCUT2D eigenvalue weighted by Gasteiger charge is -2.05. The number of nitrogens with one attached hydrogen (secondary N) is 1. The number of methoxy groups -OCH3 is 1. The van der Waals surface area contributed by atoms with Gasteiger partial charge in [-0.15, -0.1) is 5.10 Å². The van der Waals surface area contributed by atoms with Crippen LogP contribution >= 0.6 is 23.4 Å². The van der Waals surface area contributed by atoms with E-state index >= 15 is 0 Å². The Bertz CT molecular complexity index is 1010. The van der Waals surface area contributed by atoms with Gasteiger partial charge in [0, 0.05) is 5.02 Å². The summed E-state index contributed by atoms with van der Waals surface area (Å²) in [7, 11) is 1.52. The Morgan fingerprint density at radius 1 is 1.30 bits per heavy atom. The number of benzene rings is 2. The third-order valence-electron chi connectivity index (χ3n) is 3.46. The Morgan fingerprint density at radius 2 is 2.04 bits per heavy atom. The summed E-state index contributed by atoms with van der Waals surface area (Å²) < 4.78 is 18.3. The van der Waals surface area contributed by atoms with Gasteiger partial charge in [0.15, 0.2) is 5.82 Å². The van der Waals surface area contributed by atoms with E-state index in [0.717, 1.165) is 11.8 Å². The first-order chi connectivity index (χ1) is 13.0. The normalized spacial score (nSPS) is 11.4. The van der Waals surface area contributed by atoms with Crippen molar-refractivity contribution in [3.63, 3.8) is 0 Å². The number of carboxylic acids is 1. The zero-order chi connectivity index (χ0) is 19.4. The van der Waals surface area contributed by atoms with Crippen LogP contribution in [0.3, 0.4) is 0 Å². The van der Waals surface area contributed by atoms with E-state index in [2.05, 4.69) is 15.2 Å². The fourth-order valence-corrected chi connectivity index (χ4v) is 3.10. The zero-order valence-corrected chi connectivity index (χ0v) is 15.5. The van der Waals surface area contributed by atoms with Crippen LogP contribution in [0.25, 0.3) is 17.5 Å². The number of rotatable bonds is 6. The highest BCUT2D eigenvalue weighted by Crippen LogP contribution is 2.32. The molecular formula is C18H13ClFN3O3S. The van der Waals surface area contributed by atoms with Crippen molar-refractivity contribution in [2.45, 2.75) is 5.16 Å². The summed E-state index contributed by atoms with van der Waals surface area (Å²) in [6.07, 6.45) is 1.42. The van der Waals surface area contributed by atoms with Crippen LogP contribution in [0.2, 0.25) is 5.02 Å². The highest BCUT2D eigenvalue weighted by atomic mass is 35.5. The van der Waals surface area contributed by atoms with Gasteiger partial charge in [0.05, 0.1) is 12.7 Å². The molecule has 0 unspecified atom stereocenters. The van der Waals surface area contributed by atoms with E-state index in [1.165, 1.54) is 37.5 Å². The molecule has 2 aromatic carbocycles. The Balaban J connectivity index is 1.88. The lowest BCUT2D eigenvalue weighted by molar-refractivity contribution is -0.131. The summed E-state index contributed by atoms with van der Waals surface area (Å²) in [5.74, 6) is -0.599. The Labute approximate surface area is 163 Å². The van der Waals surface area contributed by atoms with Crippen LogP contribution in [0, 0.1) is 5.82 Å². The van der Waals surface area contributed by atoms with E-state index in [9.17, 15) is 14.3 Å². The molecule has 2 N–H and O–H groups in total. The minimum absolute atomic E-state index is 0.00906. The van der Waals surface area contributed by atoms with Crippen LogP contribution in [-0.4, -0.2) is 33.4 Å². The second-order valence-electron chi connectivity index (χ2n) is 5.28. The lowest BCUT2D eigenvalue weighted by Crippen LogP contribution is -1.97. The molecule has 0 atom stereocenters. The standard InChI is InChI=1S/C18H13ClFN3O3S/c1-26-14-7-4-11(19)9-13(14)16-21-18(23-22-16)27-15(17(24)25)8-10-2-5-12(20)6-3-10/h2-9H,1H3,(H,24,25)(H,21,22,23)/b15-8-. The number of aromatic amines is 1. The number of hydrogen-bond acceptors (Lipinski definition) is 5. The quantitative estimate of drug-likeness (QED) is 0.464. The molecule has 0 spiro atoms. The third-order valence-corrected chi connectivity index (χ3v) is 4.57. The number of hydrogen-bond donors (Lipinski definition) is 2. The molecule has 0 saturated heterocycles. The monoisotopic (exact) mass is 405 g/mol. The fraction of sp³-hybridized carbons (Fsp3) is 0.0556. The number of H-pyrrole nitrogens is 1. The van der Waals surface area contributed by atoms with Crippen LogP contribution in [0.1, 0.15) is 5.56 Å². The molecule has 27 heavy (non-hydrogen) atoms. The van der Waals surface area contributed by atoms with Crippen molar-refractivity contribution in [2.75, 3.05) is 7.11 Å².